The fraction of sp³-hybridized carbons (Fsp3) is 0.286. The van der Waals surface area contributed by atoms with Gasteiger partial charge in [0.05, 0.1) is 44.1 Å². The van der Waals surface area contributed by atoms with Crippen molar-refractivity contribution in [3.8, 4) is 29.1 Å². The second kappa shape index (κ2) is 9.75. The predicted molar refractivity (Wildman–Crippen MR) is 107 cm³/mol. The van der Waals surface area contributed by atoms with Crippen LogP contribution in [0.3, 0.4) is 0 Å². The zero-order valence-corrected chi connectivity index (χ0v) is 16.6. The van der Waals surface area contributed by atoms with E-state index in [2.05, 4.69) is 6.07 Å². The van der Waals surface area contributed by atoms with Gasteiger partial charge in [0.2, 0.25) is 0 Å². The minimum absolute atomic E-state index is 0.429. The first-order valence-corrected chi connectivity index (χ1v) is 8.89. The fourth-order valence-electron chi connectivity index (χ4n) is 2.57. The molecule has 0 bridgehead atoms. The zero-order chi connectivity index (χ0) is 19.8. The maximum absolute atomic E-state index is 9.63. The third kappa shape index (κ3) is 4.87. The van der Waals surface area contributed by atoms with Gasteiger partial charge in [-0.1, -0.05) is 11.6 Å². The third-order valence-corrected chi connectivity index (χ3v) is 4.03. The molecule has 0 saturated heterocycles. The Morgan fingerprint density at radius 1 is 1.00 bits per heavy atom. The van der Waals surface area contributed by atoms with E-state index in [1.807, 2.05) is 13.8 Å². The molecule has 0 amide bonds. The Balaban J connectivity index is 2.50. The molecule has 2 aromatic rings. The molecule has 6 heteroatoms. The van der Waals surface area contributed by atoms with E-state index in [-0.39, 0.29) is 0 Å². The van der Waals surface area contributed by atoms with Gasteiger partial charge in [-0.3, -0.25) is 0 Å². The summed E-state index contributed by atoms with van der Waals surface area (Å²) in [5.41, 5.74) is 1.90. The quantitative estimate of drug-likeness (QED) is 0.459. The highest BCUT2D eigenvalue weighted by Crippen LogP contribution is 2.38. The number of nitrogens with zero attached hydrogens (tertiary/aromatic N) is 1. The van der Waals surface area contributed by atoms with Crippen LogP contribution >= 0.6 is 11.6 Å². The topological polar surface area (TPSA) is 60.7 Å². The van der Waals surface area contributed by atoms with Crippen molar-refractivity contribution in [2.75, 3.05) is 27.4 Å². The molecule has 0 N–H and O–H groups in total. The first-order chi connectivity index (χ1) is 13.1. The van der Waals surface area contributed by atoms with Gasteiger partial charge in [0, 0.05) is 0 Å². The van der Waals surface area contributed by atoms with Crippen LogP contribution in [0, 0.1) is 11.3 Å². The lowest BCUT2D eigenvalue weighted by Gasteiger charge is -2.13. The Morgan fingerprint density at radius 2 is 1.70 bits per heavy atom. The van der Waals surface area contributed by atoms with Gasteiger partial charge in [0.15, 0.2) is 23.0 Å². The summed E-state index contributed by atoms with van der Waals surface area (Å²) < 4.78 is 21.8. The van der Waals surface area contributed by atoms with Crippen LogP contribution in [0.15, 0.2) is 30.3 Å². The predicted octanol–water partition coefficient (Wildman–Crippen LogP) is 5.22. The molecule has 0 aliphatic heterocycles. The molecule has 27 heavy (non-hydrogen) atoms. The Labute approximate surface area is 164 Å². The summed E-state index contributed by atoms with van der Waals surface area (Å²) in [4.78, 5) is 0. The smallest absolute Gasteiger partial charge is 0.179 e. The number of halogens is 1. The molecule has 0 aromatic heterocycles. The van der Waals surface area contributed by atoms with Gasteiger partial charge < -0.3 is 18.9 Å². The maximum atomic E-state index is 9.63. The molecule has 0 aliphatic carbocycles. The van der Waals surface area contributed by atoms with Gasteiger partial charge in [-0.15, -0.1) is 0 Å². The van der Waals surface area contributed by atoms with Gasteiger partial charge in [0.1, 0.15) is 0 Å². The summed E-state index contributed by atoms with van der Waals surface area (Å²) >= 11 is 6.36. The second-order valence-corrected chi connectivity index (χ2v) is 5.84. The fourth-order valence-corrected chi connectivity index (χ4v) is 2.84. The van der Waals surface area contributed by atoms with Crippen LogP contribution in [0.1, 0.15) is 25.0 Å². The monoisotopic (exact) mass is 387 g/mol. The standard InChI is InChI=1S/C21H22ClNO4/c1-5-26-20-11-14(10-17(22)21(20)27-6-2)9-16(13-23)15-7-8-18(24-3)19(12-15)25-4/h7-12H,5-6H2,1-4H3/b16-9+. The minimum Gasteiger partial charge on any atom is -0.493 e. The minimum atomic E-state index is 0.429. The second-order valence-electron chi connectivity index (χ2n) is 5.44. The van der Waals surface area contributed by atoms with Crippen LogP contribution in [0.25, 0.3) is 11.6 Å². The van der Waals surface area contributed by atoms with Crippen molar-refractivity contribution in [1.82, 2.24) is 0 Å². The van der Waals surface area contributed by atoms with Crippen LogP contribution in [0.2, 0.25) is 5.02 Å². The number of methoxy groups -OCH3 is 2. The molecule has 0 spiro atoms. The largest absolute Gasteiger partial charge is 0.493 e. The highest BCUT2D eigenvalue weighted by atomic mass is 35.5. The molecule has 0 unspecified atom stereocenters. The molecular weight excluding hydrogens is 366 g/mol. The van der Waals surface area contributed by atoms with Crippen LogP contribution in [-0.4, -0.2) is 27.4 Å². The number of benzene rings is 2. The van der Waals surface area contributed by atoms with E-state index in [1.165, 1.54) is 0 Å². The third-order valence-electron chi connectivity index (χ3n) is 3.75. The molecule has 142 valence electrons. The van der Waals surface area contributed by atoms with Crippen molar-refractivity contribution < 1.29 is 18.9 Å². The van der Waals surface area contributed by atoms with Gasteiger partial charge >= 0.3 is 0 Å². The number of allylic oxidation sites excluding steroid dienone is 1. The Bertz CT molecular complexity index is 871. The van der Waals surface area contributed by atoms with E-state index >= 15 is 0 Å². The highest BCUT2D eigenvalue weighted by Gasteiger charge is 2.13. The van der Waals surface area contributed by atoms with Crippen molar-refractivity contribution in [2.24, 2.45) is 0 Å². The lowest BCUT2D eigenvalue weighted by Crippen LogP contribution is -1.99. The van der Waals surface area contributed by atoms with Crippen LogP contribution in [0.5, 0.6) is 23.0 Å². The summed E-state index contributed by atoms with van der Waals surface area (Å²) in [6.45, 7) is 4.72. The molecule has 0 saturated carbocycles. The molecule has 5 nitrogen and oxygen atoms in total. The van der Waals surface area contributed by atoms with E-state index in [4.69, 9.17) is 30.5 Å². The highest BCUT2D eigenvalue weighted by molar-refractivity contribution is 6.32. The van der Waals surface area contributed by atoms with Crippen LogP contribution in [-0.2, 0) is 0 Å². The lowest BCUT2D eigenvalue weighted by atomic mass is 10.0. The van der Waals surface area contributed by atoms with Crippen LogP contribution < -0.4 is 18.9 Å². The summed E-state index contributed by atoms with van der Waals surface area (Å²) in [5.74, 6) is 2.20. The Morgan fingerprint density at radius 3 is 2.30 bits per heavy atom. The Hall–Kier alpha value is -2.84. The van der Waals surface area contributed by atoms with Gasteiger partial charge in [-0.25, -0.2) is 0 Å². The lowest BCUT2D eigenvalue weighted by molar-refractivity contribution is 0.288. The van der Waals surface area contributed by atoms with Crippen molar-refractivity contribution in [3.05, 3.63) is 46.5 Å². The molecule has 0 aliphatic rings. The normalized spacial score (nSPS) is 10.9. The van der Waals surface area contributed by atoms with E-state index in [0.29, 0.717) is 52.4 Å². The van der Waals surface area contributed by atoms with Gasteiger partial charge in [0.25, 0.3) is 0 Å². The van der Waals surface area contributed by atoms with E-state index < -0.39 is 0 Å². The molecule has 0 fully saturated rings. The first kappa shape index (κ1) is 20.5. The van der Waals surface area contributed by atoms with Crippen molar-refractivity contribution in [2.45, 2.75) is 13.8 Å². The number of rotatable bonds is 8. The molecule has 0 heterocycles. The molecule has 0 radical (unpaired) electrons. The van der Waals surface area contributed by atoms with Gasteiger partial charge in [-0.2, -0.15) is 5.26 Å². The van der Waals surface area contributed by atoms with Crippen molar-refractivity contribution >= 4 is 23.3 Å². The summed E-state index contributed by atoms with van der Waals surface area (Å²) in [5, 5.41) is 10.1. The van der Waals surface area contributed by atoms with Crippen LogP contribution in [0.4, 0.5) is 0 Å². The van der Waals surface area contributed by atoms with Crippen molar-refractivity contribution in [1.29, 1.82) is 5.26 Å². The number of nitriles is 1. The van der Waals surface area contributed by atoms with Crippen molar-refractivity contribution in [3.63, 3.8) is 0 Å². The summed E-state index contributed by atoms with van der Waals surface area (Å²) in [7, 11) is 3.12. The molecule has 0 atom stereocenters. The summed E-state index contributed by atoms with van der Waals surface area (Å²) in [6.07, 6.45) is 1.74. The SMILES string of the molecule is CCOc1cc(/C=C(\C#N)c2ccc(OC)c(OC)c2)cc(Cl)c1OCC. The van der Waals surface area contributed by atoms with E-state index in [1.54, 1.807) is 50.6 Å². The average Bonchev–Trinajstić information content (AvgIpc) is 2.68. The number of ether oxygens (including phenoxy) is 4. The number of hydrogen-bond acceptors (Lipinski definition) is 5. The Kier molecular flexibility index (Phi) is 7.39. The molecule has 2 rings (SSSR count). The molecular formula is C21H22ClNO4. The van der Waals surface area contributed by atoms with E-state index in [0.717, 1.165) is 5.56 Å². The summed E-state index contributed by atoms with van der Waals surface area (Å²) in [6, 6.07) is 11.1. The van der Waals surface area contributed by atoms with E-state index in [9.17, 15) is 5.26 Å². The van der Waals surface area contributed by atoms with Gasteiger partial charge in [-0.05, 0) is 61.4 Å². The number of hydrogen-bond donors (Lipinski definition) is 0. The molecule has 2 aromatic carbocycles. The average molecular weight is 388 g/mol. The first-order valence-electron chi connectivity index (χ1n) is 8.51. The zero-order valence-electron chi connectivity index (χ0n) is 15.8. The maximum Gasteiger partial charge on any atom is 0.179 e.